The van der Waals surface area contributed by atoms with E-state index in [1.807, 2.05) is 25.3 Å². The number of hydrogen-bond acceptors (Lipinski definition) is 8. The van der Waals surface area contributed by atoms with Gasteiger partial charge in [-0.2, -0.15) is 0 Å². The van der Waals surface area contributed by atoms with Crippen LogP contribution in [-0.2, 0) is 20.7 Å². The molecule has 15 atom stereocenters. The Kier molecular flexibility index (Phi) is 7.96. The van der Waals surface area contributed by atoms with E-state index in [-0.39, 0.29) is 48.5 Å². The maximum absolute atomic E-state index is 14.0. The van der Waals surface area contributed by atoms with Gasteiger partial charge in [-0.25, -0.2) is 4.79 Å². The Morgan fingerprint density at radius 3 is 2.63 bits per heavy atom. The van der Waals surface area contributed by atoms with Crippen LogP contribution in [0.4, 0.5) is 0 Å². The Balaban J connectivity index is 1.26. The standard InChI is InChI=1S/C44H55NO7/c1-25(2)11-13-31-22-43(50)39-28(12-14-30-18-32(47)23-42(31,49)41(30,39)24-46)20-40-15-7-6-9-26-8-4-5-10-27(26)17-35(45-3)33-16-29(21-44(40,43)51)37(40)34-19-36(48)52-38(33)34/h4-5,8,10,12,14,19,24-25,28-33,35,37-39,45,47,49-51H,7,11,13,15-18,20-23H2,1-3H3. The number of carbonyl (C=O) groups is 2. The number of fused-ring (bicyclic) bond motifs is 4. The van der Waals surface area contributed by atoms with E-state index >= 15 is 0 Å². The average Bonchev–Trinajstić information content (AvgIpc) is 3.61. The van der Waals surface area contributed by atoms with Crippen molar-refractivity contribution in [2.45, 2.75) is 120 Å². The molecule has 0 aromatic heterocycles. The van der Waals surface area contributed by atoms with Crippen molar-refractivity contribution in [3.63, 3.8) is 0 Å². The summed E-state index contributed by atoms with van der Waals surface area (Å²) in [7, 11) is 1.96. The maximum Gasteiger partial charge on any atom is 0.331 e. The molecule has 5 saturated carbocycles. The van der Waals surface area contributed by atoms with Crippen LogP contribution in [0.25, 0.3) is 0 Å². The molecule has 5 fully saturated rings. The lowest BCUT2D eigenvalue weighted by molar-refractivity contribution is -0.351. The molecule has 1 aliphatic heterocycles. The highest BCUT2D eigenvalue weighted by atomic mass is 16.5. The summed E-state index contributed by atoms with van der Waals surface area (Å²) in [6.07, 6.45) is 10.8. The van der Waals surface area contributed by atoms with E-state index in [4.69, 9.17) is 4.74 Å². The molecular weight excluding hydrogens is 654 g/mol. The fourth-order valence-electron chi connectivity index (χ4n) is 14.5. The van der Waals surface area contributed by atoms with Crippen molar-refractivity contribution < 1.29 is 34.8 Å². The van der Waals surface area contributed by atoms with Crippen molar-refractivity contribution in [2.24, 2.45) is 58.2 Å². The van der Waals surface area contributed by atoms with Crippen LogP contribution in [0.3, 0.4) is 0 Å². The smallest absolute Gasteiger partial charge is 0.331 e. The molecule has 4 bridgehead atoms. The minimum atomic E-state index is -1.71. The van der Waals surface area contributed by atoms with Gasteiger partial charge in [0.25, 0.3) is 0 Å². The average molecular weight is 710 g/mol. The lowest BCUT2D eigenvalue weighted by Gasteiger charge is -2.74. The molecule has 0 amide bonds. The molecule has 8 aliphatic carbocycles. The van der Waals surface area contributed by atoms with Gasteiger partial charge in [0.1, 0.15) is 18.0 Å². The minimum Gasteiger partial charge on any atom is -0.454 e. The van der Waals surface area contributed by atoms with Crippen molar-refractivity contribution in [3.05, 3.63) is 59.2 Å². The molecular formula is C44H55NO7. The largest absolute Gasteiger partial charge is 0.454 e. The number of carbonyl (C=O) groups excluding carboxylic acids is 2. The quantitative estimate of drug-likeness (QED) is 0.133. The molecule has 0 radical (unpaired) electrons. The summed E-state index contributed by atoms with van der Waals surface area (Å²) in [4.78, 5) is 27.3. The van der Waals surface area contributed by atoms with Gasteiger partial charge in [0.2, 0.25) is 0 Å². The number of rotatable bonds is 5. The molecule has 278 valence electrons. The number of ether oxygens (including phenoxy) is 1. The number of benzene rings is 1. The summed E-state index contributed by atoms with van der Waals surface area (Å²) in [5, 5.41) is 55.6. The molecule has 52 heavy (non-hydrogen) atoms. The first kappa shape index (κ1) is 34.9. The van der Waals surface area contributed by atoms with Crippen LogP contribution in [0.15, 0.2) is 48.1 Å². The molecule has 1 aromatic rings. The van der Waals surface area contributed by atoms with E-state index in [0.29, 0.717) is 57.3 Å². The van der Waals surface area contributed by atoms with Crippen LogP contribution in [0, 0.1) is 70.0 Å². The van der Waals surface area contributed by atoms with Crippen molar-refractivity contribution >= 4 is 12.3 Å². The molecule has 1 spiro atoms. The molecule has 15 unspecified atom stereocenters. The molecule has 10 rings (SSSR count). The van der Waals surface area contributed by atoms with Gasteiger partial charge in [0, 0.05) is 47.8 Å². The topological polar surface area (TPSA) is 136 Å². The van der Waals surface area contributed by atoms with Gasteiger partial charge in [-0.3, -0.25) is 0 Å². The lowest BCUT2D eigenvalue weighted by Crippen LogP contribution is -2.82. The predicted molar refractivity (Wildman–Crippen MR) is 194 cm³/mol. The van der Waals surface area contributed by atoms with Gasteiger partial charge in [-0.15, -0.1) is 0 Å². The zero-order valence-electron chi connectivity index (χ0n) is 30.8. The molecule has 1 heterocycles. The molecule has 1 aromatic carbocycles. The Morgan fingerprint density at radius 2 is 1.87 bits per heavy atom. The van der Waals surface area contributed by atoms with Crippen LogP contribution in [0.1, 0.15) is 89.2 Å². The summed E-state index contributed by atoms with van der Waals surface area (Å²) < 4.78 is 6.22. The number of allylic oxidation sites excluding steroid dienone is 2. The zero-order chi connectivity index (χ0) is 36.4. The zero-order valence-corrected chi connectivity index (χ0v) is 30.8. The van der Waals surface area contributed by atoms with Crippen LogP contribution in [0.5, 0.6) is 0 Å². The van der Waals surface area contributed by atoms with Crippen molar-refractivity contribution in [2.75, 3.05) is 7.05 Å². The second-order valence-electron chi connectivity index (χ2n) is 18.6. The Bertz CT molecular complexity index is 1790. The van der Waals surface area contributed by atoms with Crippen LogP contribution in [-0.4, -0.2) is 74.8 Å². The third kappa shape index (κ3) is 4.35. The van der Waals surface area contributed by atoms with E-state index < -0.39 is 57.6 Å². The van der Waals surface area contributed by atoms with E-state index in [1.54, 1.807) is 6.08 Å². The number of aliphatic hydroxyl groups is 4. The second-order valence-corrected chi connectivity index (χ2v) is 18.6. The number of aldehydes is 1. The number of likely N-dealkylation sites (N-methyl/N-ethyl adjacent to an activating group) is 1. The van der Waals surface area contributed by atoms with Crippen molar-refractivity contribution in [1.29, 1.82) is 0 Å². The van der Waals surface area contributed by atoms with Gasteiger partial charge in [0.05, 0.1) is 22.7 Å². The number of esters is 1. The predicted octanol–water partition coefficient (Wildman–Crippen LogP) is 4.27. The summed E-state index contributed by atoms with van der Waals surface area (Å²) in [5.41, 5.74) is -3.99. The number of nitrogens with one attached hydrogen (secondary N) is 1. The van der Waals surface area contributed by atoms with Gasteiger partial charge >= 0.3 is 5.97 Å². The van der Waals surface area contributed by atoms with E-state index in [2.05, 4.69) is 49.2 Å². The molecule has 8 nitrogen and oxygen atoms in total. The first-order valence-corrected chi connectivity index (χ1v) is 20.0. The molecule has 5 N–H and O–H groups in total. The third-order valence-electron chi connectivity index (χ3n) is 16.2. The number of aliphatic hydroxyl groups excluding tert-OH is 1. The molecule has 9 aliphatic rings. The Labute approximate surface area is 307 Å². The van der Waals surface area contributed by atoms with Gasteiger partial charge in [-0.05, 0) is 111 Å². The summed E-state index contributed by atoms with van der Waals surface area (Å²) >= 11 is 0. The van der Waals surface area contributed by atoms with Gasteiger partial charge < -0.3 is 35.3 Å². The first-order valence-electron chi connectivity index (χ1n) is 20.0. The summed E-state index contributed by atoms with van der Waals surface area (Å²) in [6, 6.07) is 8.23. The highest BCUT2D eigenvalue weighted by molar-refractivity contribution is 5.86. The van der Waals surface area contributed by atoms with Crippen molar-refractivity contribution in [3.8, 4) is 11.8 Å². The van der Waals surface area contributed by atoms with Crippen LogP contribution >= 0.6 is 0 Å². The third-order valence-corrected chi connectivity index (χ3v) is 16.2. The summed E-state index contributed by atoms with van der Waals surface area (Å²) in [6.45, 7) is 4.27. The molecule has 8 heteroatoms. The Hall–Kier alpha value is -2.80. The molecule has 0 saturated heterocycles. The summed E-state index contributed by atoms with van der Waals surface area (Å²) in [5.74, 6) is 4.67. The van der Waals surface area contributed by atoms with Crippen LogP contribution < -0.4 is 5.32 Å². The van der Waals surface area contributed by atoms with Crippen LogP contribution in [0.2, 0.25) is 0 Å². The van der Waals surface area contributed by atoms with E-state index in [9.17, 15) is 30.0 Å². The van der Waals surface area contributed by atoms with Gasteiger partial charge in [-0.1, -0.05) is 62.5 Å². The normalized spacial score (nSPS) is 49.5. The second kappa shape index (κ2) is 11.8. The first-order chi connectivity index (χ1) is 24.9. The highest BCUT2D eigenvalue weighted by Gasteiger charge is 2.84. The SMILES string of the molecule is CNC1Cc2ccccc2C#CCCC23CC4C=CC5CC(O)CC6(O)C(CCC(C)C)CC(O)(C4C56C=O)C2(O)CC2CC1C1OC(=O)C=C1C23. The maximum atomic E-state index is 14.0. The minimum absolute atomic E-state index is 0.0244. The lowest BCUT2D eigenvalue weighted by atomic mass is 9.32. The monoisotopic (exact) mass is 709 g/mol. The van der Waals surface area contributed by atoms with E-state index in [1.165, 1.54) is 0 Å². The number of hydrogen-bond donors (Lipinski definition) is 5. The fraction of sp³-hybridized carbons (Fsp3) is 0.682. The Morgan fingerprint density at radius 1 is 1.06 bits per heavy atom. The van der Waals surface area contributed by atoms with Crippen molar-refractivity contribution in [1.82, 2.24) is 5.32 Å². The van der Waals surface area contributed by atoms with E-state index in [0.717, 1.165) is 29.4 Å². The van der Waals surface area contributed by atoms with Gasteiger partial charge in [0.15, 0.2) is 0 Å². The highest BCUT2D eigenvalue weighted by Crippen LogP contribution is 2.79. The fourth-order valence-corrected chi connectivity index (χ4v) is 14.5.